The molecule has 1 atom stereocenters. The molecule has 0 spiro atoms. The highest BCUT2D eigenvalue weighted by molar-refractivity contribution is 9.10. The van der Waals surface area contributed by atoms with E-state index in [1.165, 1.54) is 6.07 Å². The summed E-state index contributed by atoms with van der Waals surface area (Å²) in [6, 6.07) is 4.15. The van der Waals surface area contributed by atoms with Crippen molar-refractivity contribution in [2.45, 2.75) is 6.04 Å². The van der Waals surface area contributed by atoms with Crippen molar-refractivity contribution in [3.8, 4) is 12.3 Å². The van der Waals surface area contributed by atoms with Gasteiger partial charge in [0.25, 0.3) is 0 Å². The summed E-state index contributed by atoms with van der Waals surface area (Å²) in [6.45, 7) is 0. The summed E-state index contributed by atoms with van der Waals surface area (Å²) in [5.41, 5.74) is 3.02. The zero-order chi connectivity index (χ0) is 9.84. The van der Waals surface area contributed by atoms with Crippen LogP contribution in [-0.2, 0) is 0 Å². The van der Waals surface area contributed by atoms with Crippen molar-refractivity contribution in [3.63, 3.8) is 0 Å². The molecule has 0 amide bonds. The lowest BCUT2D eigenvalue weighted by molar-refractivity contribution is 0.607. The molecule has 1 aromatic rings. The minimum Gasteiger partial charge on any atom is -0.270 e. The Hall–Kier alpha value is -0.890. The second-order valence-corrected chi connectivity index (χ2v) is 3.20. The molecule has 0 radical (unpaired) electrons. The first-order valence-corrected chi connectivity index (χ1v) is 4.36. The minimum atomic E-state index is -0.481. The Bertz CT molecular complexity index is 346. The molecule has 68 valence electrons. The van der Waals surface area contributed by atoms with E-state index in [2.05, 4.69) is 27.3 Å². The first-order valence-electron chi connectivity index (χ1n) is 3.57. The SMILES string of the molecule is C#CC(NN)c1cccc(F)c1Br. The summed E-state index contributed by atoms with van der Waals surface area (Å²) in [6.07, 6.45) is 5.20. The Labute approximate surface area is 84.4 Å². The third kappa shape index (κ3) is 2.07. The number of benzene rings is 1. The summed E-state index contributed by atoms with van der Waals surface area (Å²) in [5, 5.41) is 0. The molecule has 0 saturated heterocycles. The second-order valence-electron chi connectivity index (χ2n) is 2.41. The summed E-state index contributed by atoms with van der Waals surface area (Å²) in [4.78, 5) is 0. The van der Waals surface area contributed by atoms with Crippen LogP contribution in [0.25, 0.3) is 0 Å². The summed E-state index contributed by atoms with van der Waals surface area (Å²) >= 11 is 3.10. The number of hydrogen-bond acceptors (Lipinski definition) is 2. The molecule has 0 aliphatic carbocycles. The largest absolute Gasteiger partial charge is 0.270 e. The van der Waals surface area contributed by atoms with Crippen LogP contribution in [0.5, 0.6) is 0 Å². The Morgan fingerprint density at radius 2 is 2.31 bits per heavy atom. The predicted molar refractivity (Wildman–Crippen MR) is 53.0 cm³/mol. The van der Waals surface area contributed by atoms with Gasteiger partial charge in [0, 0.05) is 0 Å². The molecule has 0 aliphatic rings. The highest BCUT2D eigenvalue weighted by Gasteiger charge is 2.12. The minimum absolute atomic E-state index is 0.343. The van der Waals surface area contributed by atoms with Gasteiger partial charge >= 0.3 is 0 Å². The second kappa shape index (κ2) is 4.38. The zero-order valence-corrected chi connectivity index (χ0v) is 8.31. The Morgan fingerprint density at radius 1 is 1.62 bits per heavy atom. The molecule has 0 saturated carbocycles. The van der Waals surface area contributed by atoms with E-state index < -0.39 is 6.04 Å². The topological polar surface area (TPSA) is 38.0 Å². The Morgan fingerprint density at radius 3 is 2.85 bits per heavy atom. The van der Waals surface area contributed by atoms with E-state index >= 15 is 0 Å². The Kier molecular flexibility index (Phi) is 3.43. The van der Waals surface area contributed by atoms with Crippen LogP contribution in [-0.4, -0.2) is 0 Å². The average molecular weight is 243 g/mol. The van der Waals surface area contributed by atoms with Crippen LogP contribution in [0.1, 0.15) is 11.6 Å². The lowest BCUT2D eigenvalue weighted by Crippen LogP contribution is -2.27. The highest BCUT2D eigenvalue weighted by Crippen LogP contribution is 2.25. The van der Waals surface area contributed by atoms with Gasteiger partial charge < -0.3 is 0 Å². The molecule has 1 aromatic carbocycles. The van der Waals surface area contributed by atoms with Crippen molar-refractivity contribution < 1.29 is 4.39 Å². The Balaban J connectivity index is 3.15. The van der Waals surface area contributed by atoms with Crippen molar-refractivity contribution in [3.05, 3.63) is 34.1 Å². The van der Waals surface area contributed by atoms with Gasteiger partial charge in [-0.1, -0.05) is 18.1 Å². The van der Waals surface area contributed by atoms with Gasteiger partial charge in [0.1, 0.15) is 11.9 Å². The third-order valence-corrected chi connectivity index (χ3v) is 2.46. The van der Waals surface area contributed by atoms with Gasteiger partial charge in [-0.05, 0) is 27.6 Å². The van der Waals surface area contributed by atoms with Crippen LogP contribution >= 0.6 is 15.9 Å². The van der Waals surface area contributed by atoms with Crippen molar-refractivity contribution in [2.75, 3.05) is 0 Å². The maximum Gasteiger partial charge on any atom is 0.137 e. The van der Waals surface area contributed by atoms with Gasteiger partial charge in [0.2, 0.25) is 0 Å². The molecule has 1 unspecified atom stereocenters. The summed E-state index contributed by atoms with van der Waals surface area (Å²) in [5.74, 6) is 7.25. The molecule has 0 bridgehead atoms. The number of nitrogens with one attached hydrogen (secondary N) is 1. The molecular weight excluding hydrogens is 235 g/mol. The normalized spacial score (nSPS) is 12.2. The van der Waals surface area contributed by atoms with E-state index in [4.69, 9.17) is 12.3 Å². The van der Waals surface area contributed by atoms with E-state index in [1.807, 2.05) is 0 Å². The number of nitrogens with two attached hydrogens (primary N) is 1. The van der Waals surface area contributed by atoms with E-state index in [1.54, 1.807) is 12.1 Å². The van der Waals surface area contributed by atoms with Crippen LogP contribution in [0.3, 0.4) is 0 Å². The molecule has 0 aromatic heterocycles. The van der Waals surface area contributed by atoms with Gasteiger partial charge in [0.15, 0.2) is 0 Å². The number of rotatable bonds is 2. The van der Waals surface area contributed by atoms with Gasteiger partial charge in [-0.25, -0.2) is 9.82 Å². The van der Waals surface area contributed by atoms with E-state index in [9.17, 15) is 4.39 Å². The third-order valence-electron chi connectivity index (χ3n) is 1.63. The summed E-state index contributed by atoms with van der Waals surface area (Å²) < 4.78 is 13.4. The molecule has 2 nitrogen and oxygen atoms in total. The highest BCUT2D eigenvalue weighted by atomic mass is 79.9. The van der Waals surface area contributed by atoms with Crippen molar-refractivity contribution in [2.24, 2.45) is 5.84 Å². The molecule has 0 aliphatic heterocycles. The van der Waals surface area contributed by atoms with E-state index in [0.29, 0.717) is 10.0 Å². The first-order chi connectivity index (χ1) is 6.20. The lowest BCUT2D eigenvalue weighted by atomic mass is 10.1. The zero-order valence-electron chi connectivity index (χ0n) is 6.72. The average Bonchev–Trinajstić information content (AvgIpc) is 2.14. The van der Waals surface area contributed by atoms with Gasteiger partial charge in [0.05, 0.1) is 4.47 Å². The van der Waals surface area contributed by atoms with Crippen LogP contribution < -0.4 is 11.3 Å². The monoisotopic (exact) mass is 242 g/mol. The maximum atomic E-state index is 13.0. The van der Waals surface area contributed by atoms with Crippen molar-refractivity contribution in [1.82, 2.24) is 5.43 Å². The molecule has 13 heavy (non-hydrogen) atoms. The molecule has 1 rings (SSSR count). The maximum absolute atomic E-state index is 13.0. The van der Waals surface area contributed by atoms with Crippen LogP contribution in [0.15, 0.2) is 22.7 Å². The van der Waals surface area contributed by atoms with Crippen molar-refractivity contribution in [1.29, 1.82) is 0 Å². The standard InChI is InChI=1S/C9H8BrFN2/c1-2-8(13-12)6-4-3-5-7(11)9(6)10/h1,3-5,8,13H,12H2. The van der Waals surface area contributed by atoms with Crippen LogP contribution in [0.2, 0.25) is 0 Å². The number of hydrazine groups is 1. The van der Waals surface area contributed by atoms with Crippen LogP contribution in [0, 0.1) is 18.2 Å². The smallest absolute Gasteiger partial charge is 0.137 e. The summed E-state index contributed by atoms with van der Waals surface area (Å²) in [7, 11) is 0. The lowest BCUT2D eigenvalue weighted by Gasteiger charge is -2.11. The fourth-order valence-electron chi connectivity index (χ4n) is 0.971. The fraction of sp³-hybridized carbons (Fsp3) is 0.111. The van der Waals surface area contributed by atoms with E-state index in [-0.39, 0.29) is 5.82 Å². The number of hydrogen-bond donors (Lipinski definition) is 2. The van der Waals surface area contributed by atoms with Gasteiger partial charge in [-0.15, -0.1) is 6.42 Å². The fourth-order valence-corrected chi connectivity index (χ4v) is 1.46. The van der Waals surface area contributed by atoms with Gasteiger partial charge in [-0.2, -0.15) is 0 Å². The quantitative estimate of drug-likeness (QED) is 0.471. The molecule has 0 fully saturated rings. The molecular formula is C9H8BrFN2. The van der Waals surface area contributed by atoms with Crippen LogP contribution in [0.4, 0.5) is 4.39 Å². The molecule has 0 heterocycles. The number of halogens is 2. The molecule has 4 heteroatoms. The molecule has 3 N–H and O–H groups in total. The predicted octanol–water partition coefficient (Wildman–Crippen LogP) is 1.73. The number of terminal acetylenes is 1. The van der Waals surface area contributed by atoms with Crippen molar-refractivity contribution >= 4 is 15.9 Å². The van der Waals surface area contributed by atoms with E-state index in [0.717, 1.165) is 0 Å². The first kappa shape index (κ1) is 10.2. The van der Waals surface area contributed by atoms with Gasteiger partial charge in [-0.3, -0.25) is 5.84 Å².